The number of rotatable bonds is 8. The maximum absolute atomic E-state index is 11.9. The third kappa shape index (κ3) is 5.63. The Morgan fingerprint density at radius 2 is 2.15 bits per heavy atom. The number of amides is 1. The van der Waals surface area contributed by atoms with Crippen LogP contribution in [0, 0.1) is 17.2 Å². The van der Waals surface area contributed by atoms with E-state index in [-0.39, 0.29) is 11.7 Å². The van der Waals surface area contributed by atoms with Crippen LogP contribution >= 0.6 is 35.0 Å². The van der Waals surface area contributed by atoms with Gasteiger partial charge in [-0.3, -0.25) is 4.79 Å². The van der Waals surface area contributed by atoms with Crippen LogP contribution in [0.1, 0.15) is 20.3 Å². The molecule has 2 aromatic rings. The first kappa shape index (κ1) is 20.6. The first-order valence-electron chi connectivity index (χ1n) is 8.07. The van der Waals surface area contributed by atoms with Crippen molar-refractivity contribution in [1.29, 1.82) is 5.26 Å². The summed E-state index contributed by atoms with van der Waals surface area (Å²) in [7, 11) is 0. The number of nitrogens with one attached hydrogen (secondary N) is 1. The summed E-state index contributed by atoms with van der Waals surface area (Å²) < 4.78 is 1.97. The molecule has 6 nitrogen and oxygen atoms in total. The molecule has 0 radical (unpaired) electrons. The molecule has 0 saturated heterocycles. The molecule has 2 rings (SSSR count). The van der Waals surface area contributed by atoms with Crippen LogP contribution in [-0.2, 0) is 11.3 Å². The summed E-state index contributed by atoms with van der Waals surface area (Å²) in [5, 5.41) is 21.4. The Morgan fingerprint density at radius 3 is 2.81 bits per heavy atom. The largest absolute Gasteiger partial charge is 0.354 e. The monoisotopic (exact) mass is 411 g/mol. The smallest absolute Gasteiger partial charge is 0.230 e. The predicted molar refractivity (Wildman–Crippen MR) is 104 cm³/mol. The molecule has 138 valence electrons. The molecule has 1 aromatic heterocycles. The van der Waals surface area contributed by atoms with Crippen LogP contribution in [0.3, 0.4) is 0 Å². The lowest BCUT2D eigenvalue weighted by Crippen LogP contribution is -2.26. The molecule has 0 aliphatic rings. The third-order valence-corrected chi connectivity index (χ3v) is 4.84. The zero-order valence-corrected chi connectivity index (χ0v) is 16.8. The molecule has 0 aliphatic heterocycles. The fourth-order valence-electron chi connectivity index (χ4n) is 2.23. The van der Waals surface area contributed by atoms with E-state index in [2.05, 4.69) is 29.4 Å². The molecule has 0 aliphatic carbocycles. The van der Waals surface area contributed by atoms with E-state index in [9.17, 15) is 4.79 Å². The molecule has 0 bridgehead atoms. The lowest BCUT2D eigenvalue weighted by atomic mass is 10.2. The van der Waals surface area contributed by atoms with Crippen molar-refractivity contribution in [1.82, 2.24) is 20.1 Å². The van der Waals surface area contributed by atoms with Gasteiger partial charge in [0.05, 0.1) is 23.3 Å². The number of hydrogen-bond donors (Lipinski definition) is 1. The Balaban J connectivity index is 2.21. The van der Waals surface area contributed by atoms with Gasteiger partial charge in [0, 0.05) is 23.7 Å². The number of halogens is 2. The van der Waals surface area contributed by atoms with E-state index in [1.807, 2.05) is 16.7 Å². The molecule has 1 heterocycles. The van der Waals surface area contributed by atoms with Crippen molar-refractivity contribution >= 4 is 40.9 Å². The third-order valence-electron chi connectivity index (χ3n) is 3.33. The SMILES string of the molecule is CC(C)Cn1c(SCC(=O)NCCC#N)nnc1-c1ccc(Cl)cc1Cl. The van der Waals surface area contributed by atoms with Gasteiger partial charge in [-0.1, -0.05) is 48.8 Å². The fraction of sp³-hybridized carbons (Fsp3) is 0.412. The molecular formula is C17H19Cl2N5OS. The highest BCUT2D eigenvalue weighted by molar-refractivity contribution is 7.99. The van der Waals surface area contributed by atoms with Gasteiger partial charge in [-0.05, 0) is 24.1 Å². The van der Waals surface area contributed by atoms with Gasteiger partial charge in [0.2, 0.25) is 5.91 Å². The Bertz CT molecular complexity index is 816. The predicted octanol–water partition coefficient (Wildman–Crippen LogP) is 4.03. The number of aromatic nitrogens is 3. The molecule has 1 amide bonds. The van der Waals surface area contributed by atoms with Crippen LogP contribution in [-0.4, -0.2) is 33.0 Å². The van der Waals surface area contributed by atoms with E-state index in [0.29, 0.717) is 46.5 Å². The van der Waals surface area contributed by atoms with Crippen molar-refractivity contribution in [2.45, 2.75) is 32.0 Å². The second-order valence-electron chi connectivity index (χ2n) is 5.98. The highest BCUT2D eigenvalue weighted by Gasteiger charge is 2.18. The Kier molecular flexibility index (Phi) is 7.76. The lowest BCUT2D eigenvalue weighted by Gasteiger charge is -2.13. The minimum Gasteiger partial charge on any atom is -0.354 e. The number of nitriles is 1. The second kappa shape index (κ2) is 9.81. The molecular weight excluding hydrogens is 393 g/mol. The van der Waals surface area contributed by atoms with Gasteiger partial charge in [0.1, 0.15) is 0 Å². The average molecular weight is 412 g/mol. The molecule has 0 unspecified atom stereocenters. The normalized spacial score (nSPS) is 10.8. The van der Waals surface area contributed by atoms with Crippen molar-refractivity contribution in [2.75, 3.05) is 12.3 Å². The molecule has 0 saturated carbocycles. The number of carbonyl (C=O) groups is 1. The van der Waals surface area contributed by atoms with Crippen molar-refractivity contribution in [3.63, 3.8) is 0 Å². The van der Waals surface area contributed by atoms with Gasteiger partial charge < -0.3 is 9.88 Å². The number of benzene rings is 1. The minimum absolute atomic E-state index is 0.143. The minimum atomic E-state index is -0.143. The number of nitrogens with zero attached hydrogens (tertiary/aromatic N) is 4. The highest BCUT2D eigenvalue weighted by Crippen LogP contribution is 2.31. The van der Waals surface area contributed by atoms with E-state index in [4.69, 9.17) is 28.5 Å². The molecule has 1 aromatic carbocycles. The Hall–Kier alpha value is -1.75. The summed E-state index contributed by atoms with van der Waals surface area (Å²) in [5.74, 6) is 1.07. The Labute approximate surface area is 166 Å². The maximum Gasteiger partial charge on any atom is 0.230 e. The summed E-state index contributed by atoms with van der Waals surface area (Å²) in [5.41, 5.74) is 0.745. The summed E-state index contributed by atoms with van der Waals surface area (Å²) >= 11 is 13.6. The van der Waals surface area contributed by atoms with Crippen LogP contribution in [0.2, 0.25) is 10.0 Å². The van der Waals surface area contributed by atoms with E-state index < -0.39 is 0 Å². The van der Waals surface area contributed by atoms with Crippen LogP contribution in [0.25, 0.3) is 11.4 Å². The van der Waals surface area contributed by atoms with Gasteiger partial charge in [-0.25, -0.2) is 0 Å². The maximum atomic E-state index is 11.9. The summed E-state index contributed by atoms with van der Waals surface area (Å²) in [4.78, 5) is 11.9. The zero-order valence-electron chi connectivity index (χ0n) is 14.5. The molecule has 9 heteroatoms. The van der Waals surface area contributed by atoms with Crippen LogP contribution in [0.5, 0.6) is 0 Å². The standard InChI is InChI=1S/C17H19Cl2N5OS/c1-11(2)9-24-16(13-5-4-12(18)8-14(13)19)22-23-17(24)26-10-15(25)21-7-3-6-20/h4-5,8,11H,3,7,9-10H2,1-2H3,(H,21,25). The van der Waals surface area contributed by atoms with E-state index in [0.717, 1.165) is 5.56 Å². The zero-order chi connectivity index (χ0) is 19.1. The van der Waals surface area contributed by atoms with Crippen molar-refractivity contribution in [3.05, 3.63) is 28.2 Å². The fourth-order valence-corrected chi connectivity index (χ4v) is 3.50. The van der Waals surface area contributed by atoms with Gasteiger partial charge in [-0.15, -0.1) is 10.2 Å². The first-order valence-corrected chi connectivity index (χ1v) is 9.81. The molecule has 0 fully saturated rings. The van der Waals surface area contributed by atoms with E-state index in [1.54, 1.807) is 12.1 Å². The number of hydrogen-bond acceptors (Lipinski definition) is 5. The topological polar surface area (TPSA) is 83.6 Å². The van der Waals surface area contributed by atoms with Gasteiger partial charge in [0.15, 0.2) is 11.0 Å². The van der Waals surface area contributed by atoms with E-state index >= 15 is 0 Å². The lowest BCUT2D eigenvalue weighted by molar-refractivity contribution is -0.118. The highest BCUT2D eigenvalue weighted by atomic mass is 35.5. The van der Waals surface area contributed by atoms with Crippen LogP contribution < -0.4 is 5.32 Å². The van der Waals surface area contributed by atoms with Crippen LogP contribution in [0.15, 0.2) is 23.4 Å². The number of thioether (sulfide) groups is 1. The van der Waals surface area contributed by atoms with Crippen molar-refractivity contribution in [3.8, 4) is 17.5 Å². The first-order chi connectivity index (χ1) is 12.4. The summed E-state index contributed by atoms with van der Waals surface area (Å²) in [6, 6.07) is 7.23. The molecule has 26 heavy (non-hydrogen) atoms. The summed E-state index contributed by atoms with van der Waals surface area (Å²) in [6.45, 7) is 5.23. The molecule has 0 spiro atoms. The second-order valence-corrected chi connectivity index (χ2v) is 7.77. The van der Waals surface area contributed by atoms with Gasteiger partial charge in [0.25, 0.3) is 0 Å². The Morgan fingerprint density at radius 1 is 1.38 bits per heavy atom. The van der Waals surface area contributed by atoms with E-state index in [1.165, 1.54) is 11.8 Å². The van der Waals surface area contributed by atoms with Crippen LogP contribution in [0.4, 0.5) is 0 Å². The van der Waals surface area contributed by atoms with Gasteiger partial charge >= 0.3 is 0 Å². The quantitative estimate of drug-likeness (QED) is 0.523. The van der Waals surface area contributed by atoms with Crippen molar-refractivity contribution in [2.24, 2.45) is 5.92 Å². The number of carbonyl (C=O) groups excluding carboxylic acids is 1. The van der Waals surface area contributed by atoms with Crippen molar-refractivity contribution < 1.29 is 4.79 Å². The van der Waals surface area contributed by atoms with Gasteiger partial charge in [-0.2, -0.15) is 5.26 Å². The summed E-state index contributed by atoms with van der Waals surface area (Å²) in [6.07, 6.45) is 0.291. The average Bonchev–Trinajstić information content (AvgIpc) is 2.95. The molecule has 0 atom stereocenters. The molecule has 1 N–H and O–H groups in total.